The van der Waals surface area contributed by atoms with E-state index in [4.69, 9.17) is 0 Å². The van der Waals surface area contributed by atoms with Gasteiger partial charge in [-0.3, -0.25) is 4.79 Å². The number of carbonyl (C=O) groups excluding carboxylic acids is 1. The molecule has 1 atom stereocenters. The van der Waals surface area contributed by atoms with E-state index in [1.807, 2.05) is 39.1 Å². The Morgan fingerprint density at radius 1 is 1.24 bits per heavy atom. The molecule has 1 unspecified atom stereocenters. The van der Waals surface area contributed by atoms with Gasteiger partial charge < -0.3 is 10.6 Å². The van der Waals surface area contributed by atoms with Crippen LogP contribution in [0.4, 0.5) is 5.69 Å². The molecule has 21 heavy (non-hydrogen) atoms. The predicted octanol–water partition coefficient (Wildman–Crippen LogP) is 3.77. The fraction of sp³-hybridized carbons (Fsp3) is 0.353. The first kappa shape index (κ1) is 15.6. The van der Waals surface area contributed by atoms with Gasteiger partial charge in [0.25, 0.3) is 5.91 Å². The lowest BCUT2D eigenvalue weighted by Crippen LogP contribution is -2.34. The summed E-state index contributed by atoms with van der Waals surface area (Å²) in [7, 11) is 1.84. The van der Waals surface area contributed by atoms with E-state index in [2.05, 4.69) is 29.7 Å². The number of nitrogens with one attached hydrogen (secondary N) is 2. The van der Waals surface area contributed by atoms with Gasteiger partial charge in [0.15, 0.2) is 0 Å². The number of hydrogen-bond donors (Lipinski definition) is 2. The molecule has 4 heteroatoms. The fourth-order valence-electron chi connectivity index (χ4n) is 2.31. The van der Waals surface area contributed by atoms with E-state index in [1.165, 1.54) is 9.75 Å². The molecular weight excluding hydrogens is 280 g/mol. The van der Waals surface area contributed by atoms with Gasteiger partial charge in [-0.1, -0.05) is 6.07 Å². The molecule has 0 aliphatic carbocycles. The number of carbonyl (C=O) groups is 1. The van der Waals surface area contributed by atoms with E-state index in [0.717, 1.165) is 17.7 Å². The van der Waals surface area contributed by atoms with E-state index in [1.54, 1.807) is 11.3 Å². The molecule has 0 aliphatic rings. The lowest BCUT2D eigenvalue weighted by molar-refractivity contribution is 0.0941. The lowest BCUT2D eigenvalue weighted by Gasteiger charge is -2.15. The maximum absolute atomic E-state index is 12.4. The summed E-state index contributed by atoms with van der Waals surface area (Å²) >= 11 is 1.78. The van der Waals surface area contributed by atoms with Gasteiger partial charge in [0.05, 0.1) is 5.56 Å². The summed E-state index contributed by atoms with van der Waals surface area (Å²) in [5.41, 5.74) is 2.70. The van der Waals surface area contributed by atoms with Gasteiger partial charge in [-0.15, -0.1) is 11.3 Å². The maximum Gasteiger partial charge on any atom is 0.253 e. The molecule has 1 aromatic carbocycles. The number of thiophene rings is 1. The van der Waals surface area contributed by atoms with Crippen LogP contribution in [0.1, 0.15) is 32.6 Å². The van der Waals surface area contributed by atoms with Crippen LogP contribution < -0.4 is 10.6 Å². The predicted molar refractivity (Wildman–Crippen MR) is 90.4 cm³/mol. The van der Waals surface area contributed by atoms with Gasteiger partial charge in [-0.05, 0) is 50.6 Å². The van der Waals surface area contributed by atoms with E-state index >= 15 is 0 Å². The number of anilines is 1. The van der Waals surface area contributed by atoms with Crippen molar-refractivity contribution in [2.24, 2.45) is 0 Å². The SMILES string of the molecule is CNc1cc(C)ccc1C(=O)NC(C)Cc1ccc(C)s1. The van der Waals surface area contributed by atoms with Crippen LogP contribution in [0, 0.1) is 13.8 Å². The summed E-state index contributed by atoms with van der Waals surface area (Å²) in [4.78, 5) is 15.0. The molecule has 0 aliphatic heterocycles. The van der Waals surface area contributed by atoms with E-state index in [-0.39, 0.29) is 11.9 Å². The zero-order chi connectivity index (χ0) is 15.4. The van der Waals surface area contributed by atoms with Crippen LogP contribution in [-0.4, -0.2) is 19.0 Å². The van der Waals surface area contributed by atoms with Crippen molar-refractivity contribution in [3.63, 3.8) is 0 Å². The van der Waals surface area contributed by atoms with Crippen LogP contribution in [0.3, 0.4) is 0 Å². The van der Waals surface area contributed by atoms with Gasteiger partial charge in [-0.25, -0.2) is 0 Å². The first-order valence-electron chi connectivity index (χ1n) is 7.14. The highest BCUT2D eigenvalue weighted by atomic mass is 32.1. The molecular formula is C17H22N2OS. The molecule has 0 fully saturated rings. The minimum Gasteiger partial charge on any atom is -0.387 e. The molecule has 1 aromatic heterocycles. The average molecular weight is 302 g/mol. The summed E-state index contributed by atoms with van der Waals surface area (Å²) in [5, 5.41) is 6.16. The summed E-state index contributed by atoms with van der Waals surface area (Å²) < 4.78 is 0. The average Bonchev–Trinajstić information content (AvgIpc) is 2.83. The molecule has 0 saturated heterocycles. The highest BCUT2D eigenvalue weighted by Crippen LogP contribution is 2.19. The Hall–Kier alpha value is -1.81. The molecule has 2 aromatic rings. The summed E-state index contributed by atoms with van der Waals surface area (Å²) in [5.74, 6) is -0.0277. The molecule has 2 rings (SSSR count). The third-order valence-electron chi connectivity index (χ3n) is 3.37. The third-order valence-corrected chi connectivity index (χ3v) is 4.39. The third kappa shape index (κ3) is 4.08. The Balaban J connectivity index is 2.03. The van der Waals surface area contributed by atoms with Crippen LogP contribution in [0.2, 0.25) is 0 Å². The molecule has 0 bridgehead atoms. The summed E-state index contributed by atoms with van der Waals surface area (Å²) in [6.07, 6.45) is 0.866. The Morgan fingerprint density at radius 2 is 2.00 bits per heavy atom. The zero-order valence-electron chi connectivity index (χ0n) is 13.0. The van der Waals surface area contributed by atoms with Gasteiger partial charge >= 0.3 is 0 Å². The second-order valence-electron chi connectivity index (χ2n) is 5.39. The molecule has 0 radical (unpaired) electrons. The van der Waals surface area contributed by atoms with Gasteiger partial charge in [0.1, 0.15) is 0 Å². The quantitative estimate of drug-likeness (QED) is 0.883. The number of hydrogen-bond acceptors (Lipinski definition) is 3. The lowest BCUT2D eigenvalue weighted by atomic mass is 10.1. The van der Waals surface area contributed by atoms with E-state index < -0.39 is 0 Å². The first-order chi connectivity index (χ1) is 9.99. The summed E-state index contributed by atoms with van der Waals surface area (Å²) in [6, 6.07) is 10.2. The Morgan fingerprint density at radius 3 is 2.62 bits per heavy atom. The van der Waals surface area contributed by atoms with Crippen molar-refractivity contribution in [2.75, 3.05) is 12.4 Å². The van der Waals surface area contributed by atoms with Crippen molar-refractivity contribution in [2.45, 2.75) is 33.2 Å². The van der Waals surface area contributed by atoms with Crippen molar-refractivity contribution in [1.29, 1.82) is 0 Å². The number of benzene rings is 1. The van der Waals surface area contributed by atoms with Crippen LogP contribution in [-0.2, 0) is 6.42 Å². The van der Waals surface area contributed by atoms with Crippen molar-refractivity contribution in [1.82, 2.24) is 5.32 Å². The van der Waals surface area contributed by atoms with E-state index in [0.29, 0.717) is 5.56 Å². The Labute approximate surface area is 130 Å². The van der Waals surface area contributed by atoms with Crippen LogP contribution >= 0.6 is 11.3 Å². The highest BCUT2D eigenvalue weighted by molar-refractivity contribution is 7.11. The summed E-state index contributed by atoms with van der Waals surface area (Å²) in [6.45, 7) is 6.16. The van der Waals surface area contributed by atoms with Gasteiger partial charge in [0.2, 0.25) is 0 Å². The zero-order valence-corrected chi connectivity index (χ0v) is 13.8. The van der Waals surface area contributed by atoms with Crippen molar-refractivity contribution >= 4 is 22.9 Å². The topological polar surface area (TPSA) is 41.1 Å². The largest absolute Gasteiger partial charge is 0.387 e. The molecule has 1 amide bonds. The molecule has 0 spiro atoms. The molecule has 112 valence electrons. The van der Waals surface area contributed by atoms with Gasteiger partial charge in [-0.2, -0.15) is 0 Å². The first-order valence-corrected chi connectivity index (χ1v) is 7.96. The minimum atomic E-state index is -0.0277. The fourth-order valence-corrected chi connectivity index (χ4v) is 3.33. The Kier molecular flexibility index (Phi) is 5.02. The number of amides is 1. The molecule has 0 saturated carbocycles. The smallest absolute Gasteiger partial charge is 0.253 e. The van der Waals surface area contributed by atoms with Crippen LogP contribution in [0.5, 0.6) is 0 Å². The minimum absolute atomic E-state index is 0.0277. The Bertz CT molecular complexity index is 633. The van der Waals surface area contributed by atoms with Crippen molar-refractivity contribution in [3.05, 3.63) is 51.2 Å². The molecule has 1 heterocycles. The normalized spacial score (nSPS) is 12.0. The van der Waals surface area contributed by atoms with Crippen LogP contribution in [0.25, 0.3) is 0 Å². The molecule has 3 nitrogen and oxygen atoms in total. The van der Waals surface area contributed by atoms with Gasteiger partial charge in [0, 0.05) is 35.0 Å². The maximum atomic E-state index is 12.4. The number of rotatable bonds is 5. The highest BCUT2D eigenvalue weighted by Gasteiger charge is 2.14. The second-order valence-corrected chi connectivity index (χ2v) is 6.76. The van der Waals surface area contributed by atoms with Crippen molar-refractivity contribution in [3.8, 4) is 0 Å². The monoisotopic (exact) mass is 302 g/mol. The van der Waals surface area contributed by atoms with Crippen molar-refractivity contribution < 1.29 is 4.79 Å². The van der Waals surface area contributed by atoms with Crippen LogP contribution in [0.15, 0.2) is 30.3 Å². The second kappa shape index (κ2) is 6.76. The standard InChI is InChI=1S/C17H22N2OS/c1-11-5-8-15(16(9-11)18-4)17(20)19-12(2)10-14-7-6-13(3)21-14/h5-9,12,18H,10H2,1-4H3,(H,19,20). The molecule has 2 N–H and O–H groups in total. The number of aryl methyl sites for hydroxylation is 2. The van der Waals surface area contributed by atoms with E-state index in [9.17, 15) is 4.79 Å².